The molecule has 1 heterocycles. The van der Waals surface area contributed by atoms with Crippen LogP contribution in [0.25, 0.3) is 0 Å². The van der Waals surface area contributed by atoms with Crippen molar-refractivity contribution in [2.75, 3.05) is 11.1 Å². The number of benzene rings is 1. The molecule has 0 atom stereocenters. The summed E-state index contributed by atoms with van der Waals surface area (Å²) in [6.45, 7) is 6.08. The number of nitrogens with one attached hydrogen (secondary N) is 2. The van der Waals surface area contributed by atoms with Gasteiger partial charge in [-0.1, -0.05) is 43.3 Å². The molecule has 0 fully saturated rings. The Morgan fingerprint density at radius 1 is 1.36 bits per heavy atom. The summed E-state index contributed by atoms with van der Waals surface area (Å²) in [5.74, 6) is 0.638. The molecule has 134 valence electrons. The van der Waals surface area contributed by atoms with Crippen LogP contribution in [0.4, 0.5) is 5.69 Å². The number of H-pyrrole nitrogens is 1. The topological polar surface area (TPSA) is 74.8 Å². The minimum Gasteiger partial charge on any atom is -0.325 e. The number of anilines is 1. The lowest BCUT2D eigenvalue weighted by atomic mass is 10.2. The second-order valence-corrected chi connectivity index (χ2v) is 8.66. The lowest BCUT2D eigenvalue weighted by molar-refractivity contribution is -0.113. The van der Waals surface area contributed by atoms with Gasteiger partial charge in [0.25, 0.3) is 5.56 Å². The normalized spacial score (nSPS) is 10.9. The Morgan fingerprint density at radius 3 is 2.84 bits per heavy atom. The van der Waals surface area contributed by atoms with Crippen LogP contribution in [0.5, 0.6) is 0 Å². The highest BCUT2D eigenvalue weighted by Gasteiger charge is 2.09. The number of rotatable bonds is 7. The first-order chi connectivity index (χ1) is 11.8. The number of aryl methyl sites for hydroxylation is 1. The third kappa shape index (κ3) is 6.76. The molecule has 25 heavy (non-hydrogen) atoms. The maximum Gasteiger partial charge on any atom is 0.251 e. The van der Waals surface area contributed by atoms with Gasteiger partial charge in [0.2, 0.25) is 5.91 Å². The van der Waals surface area contributed by atoms with Crippen LogP contribution in [0.2, 0.25) is 5.02 Å². The fourth-order valence-electron chi connectivity index (χ4n) is 1.93. The third-order valence-electron chi connectivity index (χ3n) is 3.15. The van der Waals surface area contributed by atoms with Crippen molar-refractivity contribution in [3.05, 3.63) is 50.9 Å². The first-order valence-electron chi connectivity index (χ1n) is 7.74. The third-order valence-corrected chi connectivity index (χ3v) is 5.39. The molecule has 1 aromatic carbocycles. The van der Waals surface area contributed by atoms with Gasteiger partial charge in [-0.25, -0.2) is 4.98 Å². The SMILES string of the molecule is Cc1ccc(Cl)cc1NC(=O)CSc1nc(CSC(C)C)cc(=O)[nH]1. The van der Waals surface area contributed by atoms with Crippen LogP contribution < -0.4 is 10.9 Å². The van der Waals surface area contributed by atoms with Crippen LogP contribution in [0.3, 0.4) is 0 Å². The maximum atomic E-state index is 12.1. The van der Waals surface area contributed by atoms with Crippen LogP contribution in [-0.4, -0.2) is 26.9 Å². The van der Waals surface area contributed by atoms with Crippen LogP contribution in [0.1, 0.15) is 25.1 Å². The number of aromatic amines is 1. The number of hydrogen-bond acceptors (Lipinski definition) is 5. The Labute approximate surface area is 160 Å². The zero-order chi connectivity index (χ0) is 18.4. The molecular formula is C17H20ClN3O2S2. The minimum absolute atomic E-state index is 0.148. The number of thioether (sulfide) groups is 2. The summed E-state index contributed by atoms with van der Waals surface area (Å²) < 4.78 is 0. The summed E-state index contributed by atoms with van der Waals surface area (Å²) in [6.07, 6.45) is 0. The van der Waals surface area contributed by atoms with Crippen LogP contribution >= 0.6 is 35.1 Å². The molecule has 2 aromatic rings. The highest BCUT2D eigenvalue weighted by atomic mass is 35.5. The predicted octanol–water partition coefficient (Wildman–Crippen LogP) is 4.10. The molecule has 2 N–H and O–H groups in total. The molecule has 1 amide bonds. The molecule has 8 heteroatoms. The van der Waals surface area contributed by atoms with Gasteiger partial charge in [-0.3, -0.25) is 9.59 Å². The lowest BCUT2D eigenvalue weighted by Crippen LogP contribution is -2.16. The van der Waals surface area contributed by atoms with Crippen LogP contribution in [-0.2, 0) is 10.5 Å². The van der Waals surface area contributed by atoms with Crippen molar-refractivity contribution in [3.8, 4) is 0 Å². The summed E-state index contributed by atoms with van der Waals surface area (Å²) >= 11 is 8.87. The van der Waals surface area contributed by atoms with E-state index in [1.54, 1.807) is 23.9 Å². The van der Waals surface area contributed by atoms with Crippen molar-refractivity contribution in [2.45, 2.75) is 36.9 Å². The second-order valence-electron chi connectivity index (χ2n) is 5.70. The average molecular weight is 398 g/mol. The van der Waals surface area contributed by atoms with E-state index in [0.717, 1.165) is 11.3 Å². The minimum atomic E-state index is -0.206. The van der Waals surface area contributed by atoms with E-state index in [2.05, 4.69) is 29.1 Å². The fourth-order valence-corrected chi connectivity index (χ4v) is 3.45. The average Bonchev–Trinajstić information content (AvgIpc) is 2.54. The number of nitrogens with zero attached hydrogens (tertiary/aromatic N) is 1. The van der Waals surface area contributed by atoms with Crippen molar-refractivity contribution >= 4 is 46.7 Å². The fraction of sp³-hybridized carbons (Fsp3) is 0.353. The standard InChI is InChI=1S/C17H20ClN3O2S2/c1-10(2)24-8-13-7-15(22)21-17(19-13)25-9-16(23)20-14-6-12(18)5-4-11(14)3/h4-7,10H,8-9H2,1-3H3,(H,20,23)(H,19,21,22). The molecule has 0 spiro atoms. The molecular weight excluding hydrogens is 378 g/mol. The molecule has 0 bridgehead atoms. The van der Waals surface area contributed by atoms with Gasteiger partial charge in [0, 0.05) is 22.5 Å². The van der Waals surface area contributed by atoms with E-state index in [1.165, 1.54) is 17.8 Å². The zero-order valence-corrected chi connectivity index (χ0v) is 16.6. The van der Waals surface area contributed by atoms with E-state index in [0.29, 0.717) is 26.9 Å². The Kier molecular flexibility index (Phi) is 7.40. The molecule has 0 aliphatic carbocycles. The number of hydrogen-bond donors (Lipinski definition) is 2. The Balaban J connectivity index is 1.97. The van der Waals surface area contributed by atoms with E-state index in [9.17, 15) is 9.59 Å². The van der Waals surface area contributed by atoms with Crippen molar-refractivity contribution < 1.29 is 4.79 Å². The van der Waals surface area contributed by atoms with E-state index in [1.807, 2.05) is 13.0 Å². The maximum absolute atomic E-state index is 12.1. The molecule has 0 radical (unpaired) electrons. The summed E-state index contributed by atoms with van der Waals surface area (Å²) in [6, 6.07) is 6.83. The van der Waals surface area contributed by atoms with E-state index in [-0.39, 0.29) is 17.2 Å². The van der Waals surface area contributed by atoms with Crippen molar-refractivity contribution in [1.29, 1.82) is 0 Å². The summed E-state index contributed by atoms with van der Waals surface area (Å²) in [5.41, 5.74) is 2.13. The number of halogens is 1. The Morgan fingerprint density at radius 2 is 2.12 bits per heavy atom. The molecule has 0 aliphatic heterocycles. The van der Waals surface area contributed by atoms with E-state index in [4.69, 9.17) is 11.6 Å². The van der Waals surface area contributed by atoms with Crippen LogP contribution in [0, 0.1) is 6.92 Å². The summed E-state index contributed by atoms with van der Waals surface area (Å²) in [7, 11) is 0. The Bertz CT molecular complexity index is 809. The highest BCUT2D eigenvalue weighted by Crippen LogP contribution is 2.21. The molecule has 5 nitrogen and oxygen atoms in total. The molecule has 2 rings (SSSR count). The van der Waals surface area contributed by atoms with Gasteiger partial charge in [-0.05, 0) is 29.9 Å². The monoisotopic (exact) mass is 397 g/mol. The van der Waals surface area contributed by atoms with Crippen molar-refractivity contribution in [2.24, 2.45) is 0 Å². The van der Waals surface area contributed by atoms with E-state index >= 15 is 0 Å². The smallest absolute Gasteiger partial charge is 0.251 e. The van der Waals surface area contributed by atoms with Crippen LogP contribution in [0.15, 0.2) is 34.2 Å². The summed E-state index contributed by atoms with van der Waals surface area (Å²) in [5, 5.41) is 4.30. The zero-order valence-electron chi connectivity index (χ0n) is 14.3. The lowest BCUT2D eigenvalue weighted by Gasteiger charge is -2.09. The molecule has 0 saturated heterocycles. The van der Waals surface area contributed by atoms with Gasteiger partial charge < -0.3 is 10.3 Å². The van der Waals surface area contributed by atoms with Gasteiger partial charge in [0.15, 0.2) is 5.16 Å². The largest absolute Gasteiger partial charge is 0.325 e. The predicted molar refractivity (Wildman–Crippen MR) is 107 cm³/mol. The Hall–Kier alpha value is -1.44. The van der Waals surface area contributed by atoms with Gasteiger partial charge >= 0.3 is 0 Å². The molecule has 0 saturated carbocycles. The van der Waals surface area contributed by atoms with Crippen molar-refractivity contribution in [3.63, 3.8) is 0 Å². The van der Waals surface area contributed by atoms with Gasteiger partial charge in [-0.15, -0.1) is 0 Å². The number of carbonyl (C=O) groups excluding carboxylic acids is 1. The van der Waals surface area contributed by atoms with E-state index < -0.39 is 0 Å². The van der Waals surface area contributed by atoms with Gasteiger partial charge in [0.05, 0.1) is 11.4 Å². The number of amides is 1. The second kappa shape index (κ2) is 9.31. The first-order valence-corrected chi connectivity index (χ1v) is 10.2. The highest BCUT2D eigenvalue weighted by molar-refractivity contribution is 7.99. The quantitative estimate of drug-likeness (QED) is 0.543. The first kappa shape index (κ1) is 19.9. The summed E-state index contributed by atoms with van der Waals surface area (Å²) in [4.78, 5) is 30.9. The number of aromatic nitrogens is 2. The number of carbonyl (C=O) groups is 1. The molecule has 0 aliphatic rings. The van der Waals surface area contributed by atoms with Gasteiger partial charge in [0.1, 0.15) is 0 Å². The van der Waals surface area contributed by atoms with Gasteiger partial charge in [-0.2, -0.15) is 11.8 Å². The molecule has 1 aromatic heterocycles. The molecule has 0 unspecified atom stereocenters. The van der Waals surface area contributed by atoms with Crippen molar-refractivity contribution in [1.82, 2.24) is 9.97 Å².